The lowest BCUT2D eigenvalue weighted by molar-refractivity contribution is -0.126. The van der Waals surface area contributed by atoms with Crippen molar-refractivity contribution in [3.8, 4) is 0 Å². The van der Waals surface area contributed by atoms with E-state index in [1.54, 1.807) is 0 Å². The van der Waals surface area contributed by atoms with Gasteiger partial charge < -0.3 is 15.3 Å². The van der Waals surface area contributed by atoms with Crippen LogP contribution in [0.3, 0.4) is 0 Å². The van der Waals surface area contributed by atoms with Gasteiger partial charge in [-0.3, -0.25) is 0 Å². The predicted octanol–water partition coefficient (Wildman–Crippen LogP) is 1.86. The van der Waals surface area contributed by atoms with Crippen molar-refractivity contribution in [1.82, 2.24) is 0 Å². The Balaban J connectivity index is 2.44. The molecule has 2 rings (SSSR count). The van der Waals surface area contributed by atoms with Gasteiger partial charge >= 0.3 is 0 Å². The Morgan fingerprint density at radius 1 is 1.33 bits per heavy atom. The molecule has 0 aromatic carbocycles. The number of rotatable bonds is 1. The Hall–Kier alpha value is -0.380. The van der Waals surface area contributed by atoms with E-state index in [0.29, 0.717) is 6.42 Å². The molecule has 2 aliphatic carbocycles. The molecule has 3 N–H and O–H groups in total. The Bertz CT molecular complexity index is 363. The molecule has 0 amide bonds. The average molecular weight is 254 g/mol. The number of hydrogen-bond acceptors (Lipinski definition) is 3. The van der Waals surface area contributed by atoms with E-state index in [0.717, 1.165) is 12.8 Å². The van der Waals surface area contributed by atoms with Crippen LogP contribution in [0, 0.1) is 17.3 Å². The van der Waals surface area contributed by atoms with Gasteiger partial charge in [0.25, 0.3) is 0 Å². The SMILES string of the molecule is CC1=C[C@H](O)[C@]2(C)C[C@@H](O)[C@](O)(C(C)C)[C@H]2CC1. The van der Waals surface area contributed by atoms with Gasteiger partial charge in [-0.05, 0) is 38.0 Å². The molecule has 1 saturated carbocycles. The van der Waals surface area contributed by atoms with Gasteiger partial charge in [0.1, 0.15) is 0 Å². The maximum atomic E-state index is 10.9. The minimum absolute atomic E-state index is 0.00932. The summed E-state index contributed by atoms with van der Waals surface area (Å²) in [6.45, 7) is 7.93. The number of aliphatic hydroxyl groups is 3. The standard InChI is InChI=1S/C15H26O3/c1-9(2)15(18)11-6-5-10(3)7-12(16)14(11,4)8-13(15)17/h7,9,11-13,16-18H,5-6,8H2,1-4H3/t11-,12-,13+,14+,15-/m0/s1. The monoisotopic (exact) mass is 254 g/mol. The molecular formula is C15H26O3. The second-order valence-electron chi connectivity index (χ2n) is 6.82. The summed E-state index contributed by atoms with van der Waals surface area (Å²) in [7, 11) is 0. The molecule has 0 spiro atoms. The fraction of sp³-hybridized carbons (Fsp3) is 0.867. The average Bonchev–Trinajstić information content (AvgIpc) is 2.39. The van der Waals surface area contributed by atoms with Crippen LogP contribution in [0.25, 0.3) is 0 Å². The highest BCUT2D eigenvalue weighted by molar-refractivity contribution is 5.19. The molecule has 0 aromatic rings. The van der Waals surface area contributed by atoms with E-state index in [1.807, 2.05) is 33.8 Å². The van der Waals surface area contributed by atoms with E-state index >= 15 is 0 Å². The summed E-state index contributed by atoms with van der Waals surface area (Å²) >= 11 is 0. The summed E-state index contributed by atoms with van der Waals surface area (Å²) in [5.41, 5.74) is -0.316. The topological polar surface area (TPSA) is 60.7 Å². The van der Waals surface area contributed by atoms with Gasteiger partial charge in [-0.2, -0.15) is 0 Å². The lowest BCUT2D eigenvalue weighted by Crippen LogP contribution is -2.50. The molecule has 0 saturated heterocycles. The number of aliphatic hydroxyl groups excluding tert-OH is 2. The summed E-state index contributed by atoms with van der Waals surface area (Å²) in [6, 6.07) is 0. The molecule has 3 heteroatoms. The second kappa shape index (κ2) is 4.32. The van der Waals surface area contributed by atoms with Crippen molar-refractivity contribution in [3.63, 3.8) is 0 Å². The van der Waals surface area contributed by atoms with Crippen LogP contribution in [0.5, 0.6) is 0 Å². The van der Waals surface area contributed by atoms with Crippen molar-refractivity contribution in [1.29, 1.82) is 0 Å². The van der Waals surface area contributed by atoms with Crippen molar-refractivity contribution in [2.45, 2.75) is 64.8 Å². The third-order valence-corrected chi connectivity index (χ3v) is 5.39. The van der Waals surface area contributed by atoms with Gasteiger partial charge in [-0.1, -0.05) is 32.4 Å². The number of fused-ring (bicyclic) bond motifs is 1. The lowest BCUT2D eigenvalue weighted by atomic mass is 9.68. The zero-order chi connectivity index (χ0) is 13.7. The molecule has 0 bridgehead atoms. The largest absolute Gasteiger partial charge is 0.390 e. The molecule has 5 atom stereocenters. The molecule has 1 fully saturated rings. The molecule has 0 aliphatic heterocycles. The first kappa shape index (κ1) is 14.0. The molecule has 0 unspecified atom stereocenters. The smallest absolute Gasteiger partial charge is 0.0962 e. The third kappa shape index (κ3) is 1.75. The van der Waals surface area contributed by atoms with E-state index in [-0.39, 0.29) is 11.8 Å². The Morgan fingerprint density at radius 3 is 2.50 bits per heavy atom. The fourth-order valence-corrected chi connectivity index (χ4v) is 4.07. The molecule has 0 radical (unpaired) electrons. The van der Waals surface area contributed by atoms with E-state index in [9.17, 15) is 15.3 Å². The Kier molecular flexibility index (Phi) is 3.37. The number of allylic oxidation sites excluding steroid dienone is 1. The highest BCUT2D eigenvalue weighted by Crippen LogP contribution is 2.57. The summed E-state index contributed by atoms with van der Waals surface area (Å²) in [5, 5.41) is 31.7. The Morgan fingerprint density at radius 2 is 1.94 bits per heavy atom. The van der Waals surface area contributed by atoms with Crippen LogP contribution in [-0.4, -0.2) is 33.1 Å². The van der Waals surface area contributed by atoms with Crippen LogP contribution in [0.15, 0.2) is 11.6 Å². The highest BCUT2D eigenvalue weighted by atomic mass is 16.3. The summed E-state index contributed by atoms with van der Waals surface area (Å²) < 4.78 is 0. The number of hydrogen-bond donors (Lipinski definition) is 3. The Labute approximate surface area is 110 Å². The van der Waals surface area contributed by atoms with E-state index in [4.69, 9.17) is 0 Å². The fourth-order valence-electron chi connectivity index (χ4n) is 4.07. The van der Waals surface area contributed by atoms with Crippen LogP contribution in [0.2, 0.25) is 0 Å². The first-order valence-corrected chi connectivity index (χ1v) is 6.98. The van der Waals surface area contributed by atoms with Crippen molar-refractivity contribution in [2.24, 2.45) is 17.3 Å². The maximum Gasteiger partial charge on any atom is 0.0962 e. The molecule has 104 valence electrons. The second-order valence-corrected chi connectivity index (χ2v) is 6.82. The van der Waals surface area contributed by atoms with Gasteiger partial charge in [0.2, 0.25) is 0 Å². The molecular weight excluding hydrogens is 228 g/mol. The summed E-state index contributed by atoms with van der Waals surface area (Å²) in [4.78, 5) is 0. The minimum atomic E-state index is -1.08. The normalized spacial score (nSPS) is 48.9. The summed E-state index contributed by atoms with van der Waals surface area (Å²) in [5.74, 6) is -0.0615. The molecule has 0 heterocycles. The van der Waals surface area contributed by atoms with Gasteiger partial charge in [-0.15, -0.1) is 0 Å². The van der Waals surface area contributed by atoms with E-state index in [1.165, 1.54) is 5.57 Å². The van der Waals surface area contributed by atoms with Crippen molar-refractivity contribution < 1.29 is 15.3 Å². The lowest BCUT2D eigenvalue weighted by Gasteiger charge is -2.42. The molecule has 2 aliphatic rings. The van der Waals surface area contributed by atoms with Crippen LogP contribution < -0.4 is 0 Å². The first-order chi connectivity index (χ1) is 8.22. The third-order valence-electron chi connectivity index (χ3n) is 5.39. The molecule has 0 aromatic heterocycles. The predicted molar refractivity (Wildman–Crippen MR) is 71.0 cm³/mol. The van der Waals surface area contributed by atoms with Gasteiger partial charge in [0.15, 0.2) is 0 Å². The van der Waals surface area contributed by atoms with Crippen LogP contribution >= 0.6 is 0 Å². The quantitative estimate of drug-likeness (QED) is 0.626. The van der Waals surface area contributed by atoms with E-state index < -0.39 is 23.2 Å². The van der Waals surface area contributed by atoms with Crippen molar-refractivity contribution in [3.05, 3.63) is 11.6 Å². The molecule has 18 heavy (non-hydrogen) atoms. The molecule has 3 nitrogen and oxygen atoms in total. The minimum Gasteiger partial charge on any atom is -0.390 e. The zero-order valence-corrected chi connectivity index (χ0v) is 11.8. The zero-order valence-electron chi connectivity index (χ0n) is 11.8. The van der Waals surface area contributed by atoms with E-state index in [2.05, 4.69) is 0 Å². The van der Waals surface area contributed by atoms with Crippen LogP contribution in [0.4, 0.5) is 0 Å². The van der Waals surface area contributed by atoms with Gasteiger partial charge in [-0.25, -0.2) is 0 Å². The van der Waals surface area contributed by atoms with Crippen LogP contribution in [0.1, 0.15) is 47.0 Å². The maximum absolute atomic E-state index is 10.9. The van der Waals surface area contributed by atoms with Gasteiger partial charge in [0, 0.05) is 5.41 Å². The van der Waals surface area contributed by atoms with Gasteiger partial charge in [0.05, 0.1) is 17.8 Å². The summed E-state index contributed by atoms with van der Waals surface area (Å²) in [6.07, 6.45) is 2.78. The van der Waals surface area contributed by atoms with Crippen LogP contribution in [-0.2, 0) is 0 Å². The first-order valence-electron chi connectivity index (χ1n) is 6.98. The van der Waals surface area contributed by atoms with Crippen molar-refractivity contribution >= 4 is 0 Å². The van der Waals surface area contributed by atoms with Crippen molar-refractivity contribution in [2.75, 3.05) is 0 Å². The highest BCUT2D eigenvalue weighted by Gasteiger charge is 2.62.